The molecule has 4 N–H and O–H groups in total. The predicted molar refractivity (Wildman–Crippen MR) is 158 cm³/mol. The van der Waals surface area contributed by atoms with E-state index in [0.717, 1.165) is 6.26 Å². The van der Waals surface area contributed by atoms with Crippen molar-refractivity contribution in [2.24, 2.45) is 11.1 Å². The number of hydrogen-bond acceptors (Lipinski definition) is 11. The number of nitrogens with zero attached hydrogens (tertiary/aromatic N) is 5. The van der Waals surface area contributed by atoms with E-state index >= 15 is 0 Å². The molecule has 2 aromatic heterocycles. The van der Waals surface area contributed by atoms with E-state index in [1.165, 1.54) is 31.4 Å². The van der Waals surface area contributed by atoms with Crippen LogP contribution in [-0.4, -0.2) is 64.7 Å². The summed E-state index contributed by atoms with van der Waals surface area (Å²) in [6, 6.07) is 13.9. The topological polar surface area (TPSA) is 205 Å². The van der Waals surface area contributed by atoms with Crippen molar-refractivity contribution >= 4 is 33.5 Å². The number of tetrazole rings is 1. The molecule has 224 valence electrons. The largest absolute Gasteiger partial charge is 0.481 e. The zero-order chi connectivity index (χ0) is 31.5. The summed E-state index contributed by atoms with van der Waals surface area (Å²) in [5.74, 6) is -1.48. The van der Waals surface area contributed by atoms with Crippen molar-refractivity contribution in [1.29, 1.82) is 5.41 Å². The molecule has 2 heterocycles. The number of carbonyl (C=O) groups excluding carboxylic acids is 2. The zero-order valence-corrected chi connectivity index (χ0v) is 24.9. The number of nitrogens with two attached hydrogens (primary N) is 1. The average molecular weight is 607 g/mol. The molecule has 1 amide bonds. The van der Waals surface area contributed by atoms with E-state index in [-0.39, 0.29) is 39.5 Å². The van der Waals surface area contributed by atoms with E-state index < -0.39 is 22.0 Å². The SMILES string of the molecule is COc1ccc(-c2ccc(-c3nnnn3CC(C)(C)C)cc2C(=O)OS(C)(=O)=O)c(C(=O)Nc2ccc(C(=N)N)cc2)n1. The summed E-state index contributed by atoms with van der Waals surface area (Å²) in [6.45, 7) is 6.49. The van der Waals surface area contributed by atoms with Crippen molar-refractivity contribution in [3.05, 3.63) is 71.4 Å². The fourth-order valence-corrected chi connectivity index (χ4v) is 4.47. The normalized spacial score (nSPS) is 11.6. The summed E-state index contributed by atoms with van der Waals surface area (Å²) in [7, 11) is -2.81. The molecule has 14 nitrogen and oxygen atoms in total. The van der Waals surface area contributed by atoms with Gasteiger partial charge in [0.25, 0.3) is 5.91 Å². The van der Waals surface area contributed by atoms with Crippen LogP contribution in [0.15, 0.2) is 54.6 Å². The van der Waals surface area contributed by atoms with Gasteiger partial charge in [-0.05, 0) is 57.8 Å². The Kier molecular flexibility index (Phi) is 8.57. The van der Waals surface area contributed by atoms with Crippen molar-refractivity contribution in [2.45, 2.75) is 27.3 Å². The second-order valence-corrected chi connectivity index (χ2v) is 12.3. The average Bonchev–Trinajstić information content (AvgIpc) is 3.38. The van der Waals surface area contributed by atoms with Crippen molar-refractivity contribution in [1.82, 2.24) is 25.2 Å². The highest BCUT2D eigenvalue weighted by atomic mass is 32.2. The number of hydrogen-bond donors (Lipinski definition) is 3. The smallest absolute Gasteiger partial charge is 0.354 e. The van der Waals surface area contributed by atoms with E-state index in [2.05, 4.69) is 25.8 Å². The van der Waals surface area contributed by atoms with Crippen LogP contribution < -0.4 is 15.8 Å². The Labute approximate surface area is 247 Å². The van der Waals surface area contributed by atoms with Crippen LogP contribution in [0.4, 0.5) is 5.69 Å². The van der Waals surface area contributed by atoms with Crippen molar-refractivity contribution in [2.75, 3.05) is 18.7 Å². The van der Waals surface area contributed by atoms with Gasteiger partial charge in [0.2, 0.25) is 5.88 Å². The van der Waals surface area contributed by atoms with E-state index in [1.54, 1.807) is 35.0 Å². The Hall–Kier alpha value is -5.18. The molecular weight excluding hydrogens is 576 g/mol. The van der Waals surface area contributed by atoms with Crippen LogP contribution in [0.1, 0.15) is 47.2 Å². The Balaban J connectivity index is 1.84. The maximum atomic E-state index is 13.5. The summed E-state index contributed by atoms with van der Waals surface area (Å²) < 4.78 is 35.4. The number of aromatic nitrogens is 5. The minimum atomic E-state index is -4.19. The molecule has 15 heteroatoms. The molecule has 0 saturated carbocycles. The first kappa shape index (κ1) is 30.8. The van der Waals surface area contributed by atoms with Gasteiger partial charge < -0.3 is 20.0 Å². The number of amides is 1. The van der Waals surface area contributed by atoms with E-state index in [9.17, 15) is 18.0 Å². The molecule has 43 heavy (non-hydrogen) atoms. The first-order chi connectivity index (χ1) is 20.1. The van der Waals surface area contributed by atoms with Crippen LogP contribution in [-0.2, 0) is 20.8 Å². The number of anilines is 1. The van der Waals surface area contributed by atoms with Crippen molar-refractivity contribution in [3.63, 3.8) is 0 Å². The van der Waals surface area contributed by atoms with Gasteiger partial charge in [-0.1, -0.05) is 32.9 Å². The quantitative estimate of drug-likeness (QED) is 0.143. The van der Waals surface area contributed by atoms with E-state index in [4.69, 9.17) is 20.1 Å². The van der Waals surface area contributed by atoms with Crippen LogP contribution >= 0.6 is 0 Å². The van der Waals surface area contributed by atoms with Gasteiger partial charge in [-0.15, -0.1) is 5.10 Å². The number of rotatable bonds is 9. The number of nitrogens with one attached hydrogen (secondary N) is 2. The minimum absolute atomic E-state index is 0.117. The second-order valence-electron chi connectivity index (χ2n) is 10.8. The number of amidine groups is 1. The summed E-state index contributed by atoms with van der Waals surface area (Å²) in [5.41, 5.74) is 6.69. The lowest BCUT2D eigenvalue weighted by Gasteiger charge is -2.19. The number of pyridine rings is 1. The molecule has 0 spiro atoms. The maximum absolute atomic E-state index is 13.5. The van der Waals surface area contributed by atoms with Crippen LogP contribution in [0.5, 0.6) is 5.88 Å². The van der Waals surface area contributed by atoms with Gasteiger partial charge in [0.15, 0.2) is 5.82 Å². The monoisotopic (exact) mass is 606 g/mol. The molecule has 0 atom stereocenters. The molecule has 0 aliphatic heterocycles. The van der Waals surface area contributed by atoms with Crippen molar-refractivity contribution < 1.29 is 26.9 Å². The molecule has 0 fully saturated rings. The zero-order valence-electron chi connectivity index (χ0n) is 24.1. The van der Waals surface area contributed by atoms with Gasteiger partial charge in [-0.25, -0.2) is 14.5 Å². The highest BCUT2D eigenvalue weighted by molar-refractivity contribution is 7.86. The summed E-state index contributed by atoms with van der Waals surface area (Å²) in [6.07, 6.45) is 0.753. The van der Waals surface area contributed by atoms with Crippen LogP contribution in [0, 0.1) is 10.8 Å². The molecular formula is C28H30N8O6S. The number of methoxy groups -OCH3 is 1. The number of ether oxygens (including phenoxy) is 1. The van der Waals surface area contributed by atoms with Gasteiger partial charge in [-0.2, -0.15) is 8.42 Å². The first-order valence-corrected chi connectivity index (χ1v) is 14.6. The Morgan fingerprint density at radius 2 is 1.72 bits per heavy atom. The van der Waals surface area contributed by atoms with Crippen LogP contribution in [0.2, 0.25) is 0 Å². The lowest BCUT2D eigenvalue weighted by molar-refractivity contribution is 0.0748. The van der Waals surface area contributed by atoms with Crippen LogP contribution in [0.3, 0.4) is 0 Å². The Bertz CT molecular complexity index is 1810. The third-order valence-corrected chi connectivity index (χ3v) is 6.37. The van der Waals surface area contributed by atoms with Crippen molar-refractivity contribution in [3.8, 4) is 28.4 Å². The van der Waals surface area contributed by atoms with Gasteiger partial charge in [0.05, 0.1) is 18.9 Å². The molecule has 4 aromatic rings. The van der Waals surface area contributed by atoms with Gasteiger partial charge in [0.1, 0.15) is 11.5 Å². The van der Waals surface area contributed by atoms with E-state index in [1.807, 2.05) is 20.8 Å². The van der Waals surface area contributed by atoms with Gasteiger partial charge in [0, 0.05) is 35.0 Å². The summed E-state index contributed by atoms with van der Waals surface area (Å²) in [5, 5.41) is 22.2. The fourth-order valence-electron chi connectivity index (χ4n) is 4.11. The molecule has 0 bridgehead atoms. The Morgan fingerprint density at radius 1 is 1.05 bits per heavy atom. The number of nitrogen functional groups attached to an aromatic ring is 1. The molecule has 0 unspecified atom stereocenters. The lowest BCUT2D eigenvalue weighted by Crippen LogP contribution is -2.18. The minimum Gasteiger partial charge on any atom is -0.481 e. The first-order valence-electron chi connectivity index (χ1n) is 12.8. The highest BCUT2D eigenvalue weighted by Crippen LogP contribution is 2.33. The maximum Gasteiger partial charge on any atom is 0.354 e. The molecule has 4 rings (SSSR count). The standard InChI is InChI=1S/C28H30N8O6S/c1-28(2,3)15-36-25(33-34-35-36)17-8-11-19(21(14-17)27(38)42-43(5,39)40)20-12-13-22(41-4)32-23(20)26(37)31-18-9-6-16(7-10-18)24(29)30/h6-14H,15H2,1-5H3,(H3,29,30)(H,31,37). The second kappa shape index (κ2) is 12.0. The molecule has 2 aromatic carbocycles. The molecule has 0 aliphatic carbocycles. The number of benzene rings is 2. The summed E-state index contributed by atoms with van der Waals surface area (Å²) in [4.78, 5) is 31.1. The number of carbonyl (C=O) groups is 2. The summed E-state index contributed by atoms with van der Waals surface area (Å²) >= 11 is 0. The molecule has 0 aliphatic rings. The Morgan fingerprint density at radius 3 is 2.33 bits per heavy atom. The fraction of sp³-hybridized carbons (Fsp3) is 0.250. The molecule has 0 radical (unpaired) electrons. The molecule has 0 saturated heterocycles. The van der Waals surface area contributed by atoms with Crippen LogP contribution in [0.25, 0.3) is 22.5 Å². The lowest BCUT2D eigenvalue weighted by atomic mass is 9.95. The third kappa shape index (κ3) is 7.56. The highest BCUT2D eigenvalue weighted by Gasteiger charge is 2.26. The predicted octanol–water partition coefficient (Wildman–Crippen LogP) is 3.11. The van der Waals surface area contributed by atoms with Gasteiger partial charge in [-0.3, -0.25) is 10.2 Å². The van der Waals surface area contributed by atoms with E-state index in [0.29, 0.717) is 29.2 Å². The van der Waals surface area contributed by atoms with Gasteiger partial charge >= 0.3 is 16.1 Å². The third-order valence-electron chi connectivity index (χ3n) is 5.92.